The van der Waals surface area contributed by atoms with Gasteiger partial charge in [0.05, 0.1) is 6.61 Å². The van der Waals surface area contributed by atoms with Crippen molar-refractivity contribution in [2.24, 2.45) is 0 Å². The largest absolute Gasteiger partial charge is 0.491 e. The summed E-state index contributed by atoms with van der Waals surface area (Å²) in [5.41, 5.74) is 4.84. The van der Waals surface area contributed by atoms with Crippen LogP contribution in [0.4, 0.5) is 4.79 Å². The Morgan fingerprint density at radius 2 is 1.89 bits per heavy atom. The number of hydrogen-bond acceptors (Lipinski definition) is 5. The van der Waals surface area contributed by atoms with Gasteiger partial charge in [-0.15, -0.1) is 0 Å². The van der Waals surface area contributed by atoms with Crippen LogP contribution in [0.2, 0.25) is 5.02 Å². The summed E-state index contributed by atoms with van der Waals surface area (Å²) in [6.45, 7) is 0.307. The number of nitrogens with zero attached hydrogens (tertiary/aromatic N) is 1. The molecular formula is C28H27ClN2O5. The number of carbonyl (C=O) groups excluding carboxylic acids is 1. The Labute approximate surface area is 213 Å². The summed E-state index contributed by atoms with van der Waals surface area (Å²) >= 11 is 6.28. The highest BCUT2D eigenvalue weighted by Gasteiger charge is 2.35. The van der Waals surface area contributed by atoms with Crippen LogP contribution in [-0.4, -0.2) is 52.1 Å². The minimum atomic E-state index is -0.946. The fraction of sp³-hybridized carbons (Fsp3) is 0.250. The zero-order valence-corrected chi connectivity index (χ0v) is 20.3. The first kappa shape index (κ1) is 24.2. The van der Waals surface area contributed by atoms with Crippen molar-refractivity contribution in [3.63, 3.8) is 0 Å². The SMILES string of the molecule is O=C(OCc1ccccc1)N1CCc2c([nH]c3ccc(Cl)cc23)C1c1ccc(OCC(O)CO)cc1. The standard InChI is InChI=1S/C28H27ClN2O5/c29-20-8-11-25-24(14-20)23-12-13-31(28(34)36-16-18-4-2-1-3-5-18)27(26(23)30-25)19-6-9-22(10-7-19)35-17-21(33)15-32/h1-11,14,21,27,30,32-33H,12-13,15-17H2. The van der Waals surface area contributed by atoms with Crippen LogP contribution >= 0.6 is 11.6 Å². The molecule has 0 saturated carbocycles. The van der Waals surface area contributed by atoms with E-state index in [0.717, 1.165) is 33.3 Å². The quantitative estimate of drug-likeness (QED) is 0.333. The highest BCUT2D eigenvalue weighted by molar-refractivity contribution is 6.31. The molecule has 5 rings (SSSR count). The molecule has 1 aliphatic rings. The summed E-state index contributed by atoms with van der Waals surface area (Å²) in [5, 5.41) is 20.3. The third-order valence-electron chi connectivity index (χ3n) is 6.38. The second kappa shape index (κ2) is 10.6. The normalized spacial score (nSPS) is 16.0. The lowest BCUT2D eigenvalue weighted by molar-refractivity contribution is 0.0536. The molecule has 0 radical (unpaired) electrons. The molecule has 0 saturated heterocycles. The maximum absolute atomic E-state index is 13.3. The Kier molecular flexibility index (Phi) is 7.13. The van der Waals surface area contributed by atoms with E-state index in [2.05, 4.69) is 4.98 Å². The molecule has 2 unspecified atom stereocenters. The second-order valence-corrected chi connectivity index (χ2v) is 9.25. The van der Waals surface area contributed by atoms with Crippen molar-refractivity contribution in [3.05, 3.63) is 100 Å². The van der Waals surface area contributed by atoms with Gasteiger partial charge in [0, 0.05) is 28.2 Å². The fourth-order valence-electron chi connectivity index (χ4n) is 4.60. The Morgan fingerprint density at radius 1 is 1.11 bits per heavy atom. The Morgan fingerprint density at radius 3 is 2.64 bits per heavy atom. The van der Waals surface area contributed by atoms with Crippen LogP contribution in [0.5, 0.6) is 5.75 Å². The van der Waals surface area contributed by atoms with E-state index < -0.39 is 12.2 Å². The highest BCUT2D eigenvalue weighted by atomic mass is 35.5. The van der Waals surface area contributed by atoms with Crippen molar-refractivity contribution in [1.82, 2.24) is 9.88 Å². The summed E-state index contributed by atoms with van der Waals surface area (Å²) < 4.78 is 11.3. The molecule has 7 nitrogen and oxygen atoms in total. The van der Waals surface area contributed by atoms with Crippen molar-refractivity contribution in [2.75, 3.05) is 19.8 Å². The number of nitrogens with one attached hydrogen (secondary N) is 1. The van der Waals surface area contributed by atoms with Crippen molar-refractivity contribution >= 4 is 28.6 Å². The number of fused-ring (bicyclic) bond motifs is 3. The summed E-state index contributed by atoms with van der Waals surface area (Å²) in [7, 11) is 0. The van der Waals surface area contributed by atoms with Gasteiger partial charge in [-0.05, 0) is 53.4 Å². The van der Waals surface area contributed by atoms with Crippen LogP contribution in [-0.2, 0) is 17.8 Å². The Hall–Kier alpha value is -3.52. The van der Waals surface area contributed by atoms with Crippen LogP contribution in [0.1, 0.15) is 28.4 Å². The summed E-state index contributed by atoms with van der Waals surface area (Å²) in [5.74, 6) is 0.559. The van der Waals surface area contributed by atoms with Gasteiger partial charge < -0.3 is 24.7 Å². The molecule has 0 aliphatic carbocycles. The van der Waals surface area contributed by atoms with Crippen molar-refractivity contribution in [3.8, 4) is 5.75 Å². The number of carbonyl (C=O) groups is 1. The van der Waals surface area contributed by atoms with Crippen molar-refractivity contribution < 1.29 is 24.5 Å². The predicted octanol–water partition coefficient (Wildman–Crippen LogP) is 4.84. The zero-order chi connectivity index (χ0) is 25.1. The summed E-state index contributed by atoms with van der Waals surface area (Å²) in [6, 6.07) is 22.3. The number of H-pyrrole nitrogens is 1. The average molecular weight is 507 g/mol. The monoisotopic (exact) mass is 506 g/mol. The molecule has 3 N–H and O–H groups in total. The van der Waals surface area contributed by atoms with Gasteiger partial charge in [-0.25, -0.2) is 4.79 Å². The lowest BCUT2D eigenvalue weighted by atomic mass is 9.92. The molecule has 8 heteroatoms. The molecule has 0 bridgehead atoms. The summed E-state index contributed by atoms with van der Waals surface area (Å²) in [4.78, 5) is 18.6. The molecule has 1 aliphatic heterocycles. The van der Waals surface area contributed by atoms with Gasteiger partial charge in [0.15, 0.2) is 0 Å². The van der Waals surface area contributed by atoms with Crippen LogP contribution in [0.15, 0.2) is 72.8 Å². The molecule has 0 fully saturated rings. The minimum Gasteiger partial charge on any atom is -0.491 e. The highest BCUT2D eigenvalue weighted by Crippen LogP contribution is 2.39. The van der Waals surface area contributed by atoms with E-state index in [1.54, 1.807) is 17.0 Å². The van der Waals surface area contributed by atoms with E-state index in [-0.39, 0.29) is 25.9 Å². The second-order valence-electron chi connectivity index (χ2n) is 8.81. The number of aliphatic hydroxyl groups excluding tert-OH is 2. The van der Waals surface area contributed by atoms with Crippen LogP contribution in [0.25, 0.3) is 10.9 Å². The van der Waals surface area contributed by atoms with Gasteiger partial charge >= 0.3 is 6.09 Å². The van der Waals surface area contributed by atoms with Crippen LogP contribution in [0, 0.1) is 0 Å². The van der Waals surface area contributed by atoms with Gasteiger partial charge in [-0.3, -0.25) is 4.90 Å². The van der Waals surface area contributed by atoms with E-state index in [9.17, 15) is 9.90 Å². The first-order valence-electron chi connectivity index (χ1n) is 11.8. The zero-order valence-electron chi connectivity index (χ0n) is 19.6. The molecule has 3 aromatic carbocycles. The Balaban J connectivity index is 1.46. The third kappa shape index (κ3) is 5.04. The summed E-state index contributed by atoms with van der Waals surface area (Å²) in [6.07, 6.45) is -0.663. The van der Waals surface area contributed by atoms with E-state index in [4.69, 9.17) is 26.2 Å². The average Bonchev–Trinajstić information content (AvgIpc) is 3.28. The van der Waals surface area contributed by atoms with E-state index in [0.29, 0.717) is 23.7 Å². The third-order valence-corrected chi connectivity index (χ3v) is 6.61. The maximum Gasteiger partial charge on any atom is 0.410 e. The fourth-order valence-corrected chi connectivity index (χ4v) is 4.77. The van der Waals surface area contributed by atoms with Gasteiger partial charge in [-0.1, -0.05) is 54.1 Å². The lowest BCUT2D eigenvalue weighted by Crippen LogP contribution is -2.40. The van der Waals surface area contributed by atoms with E-state index >= 15 is 0 Å². The number of rotatable bonds is 7. The number of ether oxygens (including phenoxy) is 2. The lowest BCUT2D eigenvalue weighted by Gasteiger charge is -2.35. The molecule has 1 amide bonds. The van der Waals surface area contributed by atoms with Gasteiger partial charge in [0.2, 0.25) is 0 Å². The van der Waals surface area contributed by atoms with Crippen molar-refractivity contribution in [1.29, 1.82) is 0 Å². The van der Waals surface area contributed by atoms with E-state index in [1.165, 1.54) is 0 Å². The molecule has 2 atom stereocenters. The van der Waals surface area contributed by atoms with Gasteiger partial charge in [-0.2, -0.15) is 0 Å². The topological polar surface area (TPSA) is 95.0 Å². The predicted molar refractivity (Wildman–Crippen MR) is 137 cm³/mol. The number of aliphatic hydroxyl groups is 2. The number of benzene rings is 3. The van der Waals surface area contributed by atoms with E-state index in [1.807, 2.05) is 60.7 Å². The number of amides is 1. The minimum absolute atomic E-state index is 0.00978. The Bertz CT molecular complexity index is 1340. The molecule has 1 aromatic heterocycles. The van der Waals surface area contributed by atoms with Crippen molar-refractivity contribution in [2.45, 2.75) is 25.2 Å². The molecule has 4 aromatic rings. The van der Waals surface area contributed by atoms with Gasteiger partial charge in [0.1, 0.15) is 31.1 Å². The first-order valence-corrected chi connectivity index (χ1v) is 12.2. The molecule has 0 spiro atoms. The molecule has 186 valence electrons. The number of aromatic amines is 1. The maximum atomic E-state index is 13.3. The molecule has 36 heavy (non-hydrogen) atoms. The number of halogens is 1. The first-order chi connectivity index (χ1) is 17.5. The molecular weight excluding hydrogens is 480 g/mol. The number of hydrogen-bond donors (Lipinski definition) is 3. The smallest absolute Gasteiger partial charge is 0.410 e. The van der Waals surface area contributed by atoms with Crippen LogP contribution in [0.3, 0.4) is 0 Å². The van der Waals surface area contributed by atoms with Gasteiger partial charge in [0.25, 0.3) is 0 Å². The molecule has 2 heterocycles. The number of aromatic nitrogens is 1. The van der Waals surface area contributed by atoms with Crippen LogP contribution < -0.4 is 4.74 Å².